The lowest BCUT2D eigenvalue weighted by molar-refractivity contribution is -0.129. The topological polar surface area (TPSA) is 124 Å². The highest BCUT2D eigenvalue weighted by Gasteiger charge is 2.54. The zero-order chi connectivity index (χ0) is 22.0. The van der Waals surface area contributed by atoms with Crippen LogP contribution in [0.1, 0.15) is 50.8 Å². The molecule has 0 saturated heterocycles. The van der Waals surface area contributed by atoms with E-state index < -0.39 is 5.60 Å². The van der Waals surface area contributed by atoms with Gasteiger partial charge in [0.05, 0.1) is 23.6 Å². The van der Waals surface area contributed by atoms with Crippen LogP contribution in [-0.2, 0) is 0 Å². The zero-order valence-electron chi connectivity index (χ0n) is 18.5. The summed E-state index contributed by atoms with van der Waals surface area (Å²) < 4.78 is 1.99. The van der Waals surface area contributed by atoms with Gasteiger partial charge in [0, 0.05) is 24.0 Å². The van der Waals surface area contributed by atoms with Gasteiger partial charge in [0.1, 0.15) is 11.5 Å². The lowest BCUT2D eigenvalue weighted by Crippen LogP contribution is -2.59. The third kappa shape index (κ3) is 3.26. The molecule has 2 unspecified atom stereocenters. The number of aliphatic hydroxyl groups is 2. The molecule has 7 rings (SSSR count). The summed E-state index contributed by atoms with van der Waals surface area (Å²) in [5.41, 5.74) is 1.28. The molecule has 9 heteroatoms. The van der Waals surface area contributed by atoms with E-state index in [1.807, 2.05) is 36.7 Å². The number of H-pyrrole nitrogens is 1. The highest BCUT2D eigenvalue weighted by molar-refractivity contribution is 5.90. The van der Waals surface area contributed by atoms with Gasteiger partial charge in [0.2, 0.25) is 5.95 Å². The molecule has 170 valence electrons. The molecular weight excluding hydrogens is 406 g/mol. The fourth-order valence-corrected chi connectivity index (χ4v) is 6.61. The van der Waals surface area contributed by atoms with Crippen molar-refractivity contribution >= 4 is 28.6 Å². The molecule has 3 aromatic heterocycles. The highest BCUT2D eigenvalue weighted by Crippen LogP contribution is 2.56. The molecule has 4 aliphatic rings. The van der Waals surface area contributed by atoms with E-state index >= 15 is 0 Å². The summed E-state index contributed by atoms with van der Waals surface area (Å²) in [7, 11) is 0. The standard InChI is InChI=1S/C23H31N7O2/c1-12-5-18(29-28-12)24-20-17-3-4-30(13(2)11-31)21(17)27-22(26-20)25-19-15-6-14-7-16(19)10-23(32,8-14)9-15/h3-5,13-16,19,31-32H,6-11H2,1-2H3,(H3,24,25,26,27,28,29)/t13-,14?,15?,16?,19?,23?/m1/s1. The van der Waals surface area contributed by atoms with Crippen LogP contribution in [0.4, 0.5) is 17.6 Å². The van der Waals surface area contributed by atoms with E-state index in [-0.39, 0.29) is 18.7 Å². The first-order valence-corrected chi connectivity index (χ1v) is 11.7. The lowest BCUT2D eigenvalue weighted by Gasteiger charge is -2.58. The average molecular weight is 438 g/mol. The maximum Gasteiger partial charge on any atom is 0.226 e. The molecule has 3 heterocycles. The van der Waals surface area contributed by atoms with Gasteiger partial charge in [-0.1, -0.05) is 0 Å². The second kappa shape index (κ2) is 7.18. The maximum atomic E-state index is 10.9. The number of nitrogens with zero attached hydrogens (tertiary/aromatic N) is 4. The monoisotopic (exact) mass is 437 g/mol. The number of aryl methyl sites for hydroxylation is 1. The fraction of sp³-hybridized carbons (Fsp3) is 0.609. The molecule has 0 aromatic carbocycles. The summed E-state index contributed by atoms with van der Waals surface area (Å²) in [6, 6.07) is 4.10. The van der Waals surface area contributed by atoms with Crippen LogP contribution in [0, 0.1) is 24.7 Å². The van der Waals surface area contributed by atoms with E-state index in [2.05, 4.69) is 20.8 Å². The van der Waals surface area contributed by atoms with Crippen molar-refractivity contribution in [3.63, 3.8) is 0 Å². The molecule has 5 N–H and O–H groups in total. The number of nitrogens with one attached hydrogen (secondary N) is 3. The van der Waals surface area contributed by atoms with Gasteiger partial charge in [0.15, 0.2) is 5.82 Å². The first kappa shape index (κ1) is 20.0. The van der Waals surface area contributed by atoms with Crippen LogP contribution in [0.2, 0.25) is 0 Å². The van der Waals surface area contributed by atoms with Gasteiger partial charge in [-0.05, 0) is 69.8 Å². The molecule has 0 spiro atoms. The van der Waals surface area contributed by atoms with Crippen molar-refractivity contribution in [2.45, 2.75) is 63.6 Å². The molecule has 4 saturated carbocycles. The molecule has 4 aliphatic carbocycles. The molecule has 4 bridgehead atoms. The Morgan fingerprint density at radius 3 is 2.69 bits per heavy atom. The SMILES string of the molecule is Cc1cc(Nc2nc(NC3C4CC5CC3CC(O)(C5)C4)nc3c2ccn3[C@H](C)CO)n[nH]1. The van der Waals surface area contributed by atoms with Crippen molar-refractivity contribution in [2.24, 2.45) is 17.8 Å². The second-order valence-corrected chi connectivity index (χ2v) is 10.3. The smallest absolute Gasteiger partial charge is 0.226 e. The Labute approximate surface area is 186 Å². The Morgan fingerprint density at radius 1 is 1.25 bits per heavy atom. The molecule has 3 aromatic rings. The largest absolute Gasteiger partial charge is 0.394 e. The summed E-state index contributed by atoms with van der Waals surface area (Å²) in [6.07, 6.45) is 7.01. The predicted molar refractivity (Wildman–Crippen MR) is 122 cm³/mol. The van der Waals surface area contributed by atoms with Crippen molar-refractivity contribution in [1.29, 1.82) is 0 Å². The van der Waals surface area contributed by atoms with E-state index in [1.165, 1.54) is 12.8 Å². The normalized spacial score (nSPS) is 31.9. The van der Waals surface area contributed by atoms with Gasteiger partial charge < -0.3 is 25.4 Å². The van der Waals surface area contributed by atoms with Crippen LogP contribution in [0.25, 0.3) is 11.0 Å². The summed E-state index contributed by atoms with van der Waals surface area (Å²) in [5, 5.41) is 35.8. The zero-order valence-corrected chi connectivity index (χ0v) is 18.5. The third-order valence-electron chi connectivity index (χ3n) is 7.80. The predicted octanol–water partition coefficient (Wildman–Crippen LogP) is 3.11. The van der Waals surface area contributed by atoms with Gasteiger partial charge in [-0.2, -0.15) is 15.1 Å². The number of hydrogen-bond acceptors (Lipinski definition) is 7. The van der Waals surface area contributed by atoms with Crippen LogP contribution >= 0.6 is 0 Å². The van der Waals surface area contributed by atoms with Gasteiger partial charge in [-0.15, -0.1) is 0 Å². The molecule has 0 amide bonds. The number of aromatic nitrogens is 5. The van der Waals surface area contributed by atoms with E-state index in [1.54, 1.807) is 0 Å². The molecule has 32 heavy (non-hydrogen) atoms. The van der Waals surface area contributed by atoms with Crippen LogP contribution in [-0.4, -0.2) is 53.2 Å². The van der Waals surface area contributed by atoms with Gasteiger partial charge >= 0.3 is 0 Å². The first-order valence-electron chi connectivity index (χ1n) is 11.7. The Bertz CT molecular complexity index is 1140. The molecule has 4 fully saturated rings. The van der Waals surface area contributed by atoms with Gasteiger partial charge in [-0.3, -0.25) is 5.10 Å². The summed E-state index contributed by atoms with van der Waals surface area (Å²) >= 11 is 0. The average Bonchev–Trinajstić information content (AvgIpc) is 3.35. The van der Waals surface area contributed by atoms with Crippen molar-refractivity contribution in [2.75, 3.05) is 17.2 Å². The van der Waals surface area contributed by atoms with Crippen molar-refractivity contribution in [3.05, 3.63) is 24.0 Å². The van der Waals surface area contributed by atoms with Crippen LogP contribution in [0.3, 0.4) is 0 Å². The van der Waals surface area contributed by atoms with E-state index in [0.29, 0.717) is 35.3 Å². The third-order valence-corrected chi connectivity index (χ3v) is 7.80. The van der Waals surface area contributed by atoms with E-state index in [9.17, 15) is 10.2 Å². The minimum absolute atomic E-state index is 0.0324. The number of aliphatic hydroxyl groups excluding tert-OH is 1. The molecular formula is C23H31N7O2. The van der Waals surface area contributed by atoms with Crippen LogP contribution in [0.15, 0.2) is 18.3 Å². The fourth-order valence-electron chi connectivity index (χ4n) is 6.61. The quantitative estimate of drug-likeness (QED) is 0.401. The van der Waals surface area contributed by atoms with Gasteiger partial charge in [0.25, 0.3) is 0 Å². The van der Waals surface area contributed by atoms with E-state index in [4.69, 9.17) is 9.97 Å². The van der Waals surface area contributed by atoms with Crippen LogP contribution in [0.5, 0.6) is 0 Å². The van der Waals surface area contributed by atoms with Gasteiger partial charge in [-0.25, -0.2) is 0 Å². The van der Waals surface area contributed by atoms with Crippen molar-refractivity contribution < 1.29 is 10.2 Å². The van der Waals surface area contributed by atoms with Crippen LogP contribution < -0.4 is 10.6 Å². The molecule has 0 aliphatic heterocycles. The molecule has 0 radical (unpaired) electrons. The number of rotatable bonds is 6. The number of hydrogen-bond donors (Lipinski definition) is 5. The Morgan fingerprint density at radius 2 is 2.03 bits per heavy atom. The Kier molecular flexibility index (Phi) is 4.49. The molecule has 3 atom stereocenters. The summed E-state index contributed by atoms with van der Waals surface area (Å²) in [6.45, 7) is 3.96. The summed E-state index contributed by atoms with van der Waals surface area (Å²) in [5.74, 6) is 3.55. The highest BCUT2D eigenvalue weighted by atomic mass is 16.3. The number of fused-ring (bicyclic) bond motifs is 1. The van der Waals surface area contributed by atoms with Crippen molar-refractivity contribution in [1.82, 2.24) is 24.7 Å². The minimum atomic E-state index is -0.463. The summed E-state index contributed by atoms with van der Waals surface area (Å²) in [4.78, 5) is 9.73. The Hall–Kier alpha value is -2.65. The molecule has 9 nitrogen and oxygen atoms in total. The second-order valence-electron chi connectivity index (χ2n) is 10.3. The minimum Gasteiger partial charge on any atom is -0.394 e. The Balaban J connectivity index is 1.37. The first-order chi connectivity index (χ1) is 15.4. The van der Waals surface area contributed by atoms with E-state index in [0.717, 1.165) is 36.0 Å². The maximum absolute atomic E-state index is 10.9. The number of anilines is 3. The lowest BCUT2D eigenvalue weighted by atomic mass is 9.52. The number of aromatic amines is 1. The van der Waals surface area contributed by atoms with Crippen molar-refractivity contribution in [3.8, 4) is 0 Å².